The van der Waals surface area contributed by atoms with Crippen molar-refractivity contribution < 1.29 is 0 Å². The van der Waals surface area contributed by atoms with Gasteiger partial charge in [0.2, 0.25) is 0 Å². The molecule has 0 radical (unpaired) electrons. The first-order chi connectivity index (χ1) is 8.15. The lowest BCUT2D eigenvalue weighted by Crippen LogP contribution is -2.29. The average Bonchev–Trinajstić information content (AvgIpc) is 2.70. The molecule has 1 aromatic rings. The van der Waals surface area contributed by atoms with Crippen molar-refractivity contribution in [2.75, 3.05) is 20.1 Å². The van der Waals surface area contributed by atoms with Crippen LogP contribution < -0.4 is 5.32 Å². The Balaban J connectivity index is 2.27. The van der Waals surface area contributed by atoms with Gasteiger partial charge in [0, 0.05) is 17.5 Å². The van der Waals surface area contributed by atoms with Crippen molar-refractivity contribution in [2.24, 2.45) is 0 Å². The molecule has 17 heavy (non-hydrogen) atoms. The summed E-state index contributed by atoms with van der Waals surface area (Å²) in [5, 5.41) is 3.37. The molecule has 1 rings (SSSR count). The average molecular weight is 255 g/mol. The van der Waals surface area contributed by atoms with E-state index in [-0.39, 0.29) is 0 Å². The largest absolute Gasteiger partial charge is 0.317 e. The fraction of sp³-hybridized carbons (Fsp3) is 0.769. The smallest absolute Gasteiger partial charge is 0.0798 e. The fourth-order valence-corrected chi connectivity index (χ4v) is 2.62. The van der Waals surface area contributed by atoms with Crippen LogP contribution in [0.25, 0.3) is 0 Å². The maximum Gasteiger partial charge on any atom is 0.0798 e. The summed E-state index contributed by atoms with van der Waals surface area (Å²) in [7, 11) is 2.21. The van der Waals surface area contributed by atoms with Gasteiger partial charge in [-0.05, 0) is 46.8 Å². The van der Waals surface area contributed by atoms with Gasteiger partial charge in [0.15, 0.2) is 0 Å². The molecule has 1 N–H and O–H groups in total. The molecule has 0 saturated carbocycles. The SMILES string of the molecule is CCNCCCC(C)N(C)Cc1scnc1C. The maximum absolute atomic E-state index is 4.30. The number of hydrogen-bond acceptors (Lipinski definition) is 4. The van der Waals surface area contributed by atoms with Gasteiger partial charge in [0.05, 0.1) is 11.2 Å². The lowest BCUT2D eigenvalue weighted by Gasteiger charge is -2.24. The highest BCUT2D eigenvalue weighted by Gasteiger charge is 2.11. The molecule has 0 amide bonds. The van der Waals surface area contributed by atoms with E-state index in [2.05, 4.69) is 43.0 Å². The molecule has 0 aromatic carbocycles. The first-order valence-corrected chi connectivity index (χ1v) is 7.33. The minimum atomic E-state index is 0.634. The number of rotatable bonds is 8. The van der Waals surface area contributed by atoms with E-state index < -0.39 is 0 Å². The van der Waals surface area contributed by atoms with Gasteiger partial charge in [-0.25, -0.2) is 4.98 Å². The zero-order valence-electron chi connectivity index (χ0n) is 11.5. The second-order valence-corrected chi connectivity index (χ2v) is 5.56. The topological polar surface area (TPSA) is 28.2 Å². The second kappa shape index (κ2) is 7.80. The third kappa shape index (κ3) is 5.15. The molecule has 1 aromatic heterocycles. The Labute approximate surface area is 109 Å². The van der Waals surface area contributed by atoms with Crippen LogP contribution in [0.3, 0.4) is 0 Å². The fourth-order valence-electron chi connectivity index (χ4n) is 1.78. The summed E-state index contributed by atoms with van der Waals surface area (Å²) < 4.78 is 0. The molecule has 0 bridgehead atoms. The van der Waals surface area contributed by atoms with E-state index in [1.54, 1.807) is 11.3 Å². The molecule has 0 fully saturated rings. The Kier molecular flexibility index (Phi) is 6.70. The first-order valence-electron chi connectivity index (χ1n) is 6.45. The molecule has 1 unspecified atom stereocenters. The minimum Gasteiger partial charge on any atom is -0.317 e. The van der Waals surface area contributed by atoms with Crippen molar-refractivity contribution in [1.82, 2.24) is 15.2 Å². The summed E-state index contributed by atoms with van der Waals surface area (Å²) in [5.74, 6) is 0. The maximum atomic E-state index is 4.30. The monoisotopic (exact) mass is 255 g/mol. The predicted molar refractivity (Wildman–Crippen MR) is 75.6 cm³/mol. The highest BCUT2D eigenvalue weighted by Crippen LogP contribution is 2.16. The summed E-state index contributed by atoms with van der Waals surface area (Å²) in [6, 6.07) is 0.634. The number of aromatic nitrogens is 1. The quantitative estimate of drug-likeness (QED) is 0.724. The minimum absolute atomic E-state index is 0.634. The van der Waals surface area contributed by atoms with Crippen LogP contribution in [0.5, 0.6) is 0 Å². The van der Waals surface area contributed by atoms with E-state index in [1.165, 1.54) is 23.4 Å². The van der Waals surface area contributed by atoms with Crippen molar-refractivity contribution in [2.45, 2.75) is 46.2 Å². The molecule has 0 saturated heterocycles. The summed E-state index contributed by atoms with van der Waals surface area (Å²) in [6.45, 7) is 9.79. The molecule has 1 heterocycles. The van der Waals surface area contributed by atoms with Crippen LogP contribution in [0.1, 0.15) is 37.3 Å². The molecule has 1 atom stereocenters. The zero-order valence-corrected chi connectivity index (χ0v) is 12.3. The third-order valence-electron chi connectivity index (χ3n) is 3.22. The lowest BCUT2D eigenvalue weighted by molar-refractivity contribution is 0.236. The Morgan fingerprint density at radius 2 is 2.29 bits per heavy atom. The molecule has 0 aliphatic rings. The van der Waals surface area contributed by atoms with Crippen molar-refractivity contribution in [1.29, 1.82) is 0 Å². The standard InChI is InChI=1S/C13H25N3S/c1-5-14-8-6-7-11(2)16(4)9-13-12(3)15-10-17-13/h10-11,14H,5-9H2,1-4H3. The lowest BCUT2D eigenvalue weighted by atomic mass is 10.1. The van der Waals surface area contributed by atoms with E-state index in [0.717, 1.165) is 19.6 Å². The van der Waals surface area contributed by atoms with Gasteiger partial charge in [-0.3, -0.25) is 4.90 Å². The highest BCUT2D eigenvalue weighted by atomic mass is 32.1. The van der Waals surface area contributed by atoms with Crippen LogP contribution in [-0.2, 0) is 6.54 Å². The van der Waals surface area contributed by atoms with Crippen LogP contribution in [0.2, 0.25) is 0 Å². The van der Waals surface area contributed by atoms with Crippen LogP contribution in [0.15, 0.2) is 5.51 Å². The molecule has 3 nitrogen and oxygen atoms in total. The Morgan fingerprint density at radius 1 is 1.53 bits per heavy atom. The van der Waals surface area contributed by atoms with E-state index >= 15 is 0 Å². The Bertz CT molecular complexity index is 311. The van der Waals surface area contributed by atoms with Gasteiger partial charge >= 0.3 is 0 Å². The summed E-state index contributed by atoms with van der Waals surface area (Å²) in [5.41, 5.74) is 3.12. The number of aryl methyl sites for hydroxylation is 1. The predicted octanol–water partition coefficient (Wildman–Crippen LogP) is 2.66. The zero-order chi connectivity index (χ0) is 12.7. The summed E-state index contributed by atoms with van der Waals surface area (Å²) in [6.07, 6.45) is 2.50. The van der Waals surface area contributed by atoms with Crippen molar-refractivity contribution in [3.8, 4) is 0 Å². The third-order valence-corrected chi connectivity index (χ3v) is 4.14. The number of nitrogens with zero attached hydrogens (tertiary/aromatic N) is 2. The highest BCUT2D eigenvalue weighted by molar-refractivity contribution is 7.09. The van der Waals surface area contributed by atoms with Gasteiger partial charge in [-0.2, -0.15) is 0 Å². The molecule has 4 heteroatoms. The summed E-state index contributed by atoms with van der Waals surface area (Å²) >= 11 is 1.76. The molecule has 0 spiro atoms. The van der Waals surface area contributed by atoms with E-state index in [1.807, 2.05) is 5.51 Å². The van der Waals surface area contributed by atoms with Gasteiger partial charge in [-0.15, -0.1) is 11.3 Å². The number of nitrogens with one attached hydrogen (secondary N) is 1. The van der Waals surface area contributed by atoms with Crippen molar-refractivity contribution in [3.63, 3.8) is 0 Å². The van der Waals surface area contributed by atoms with Gasteiger partial charge in [0.25, 0.3) is 0 Å². The summed E-state index contributed by atoms with van der Waals surface area (Å²) in [4.78, 5) is 8.11. The van der Waals surface area contributed by atoms with Crippen LogP contribution in [0, 0.1) is 6.92 Å². The van der Waals surface area contributed by atoms with E-state index in [9.17, 15) is 0 Å². The molecule has 98 valence electrons. The van der Waals surface area contributed by atoms with E-state index in [0.29, 0.717) is 6.04 Å². The van der Waals surface area contributed by atoms with Gasteiger partial charge in [-0.1, -0.05) is 6.92 Å². The second-order valence-electron chi connectivity index (χ2n) is 4.62. The van der Waals surface area contributed by atoms with E-state index in [4.69, 9.17) is 0 Å². The Hall–Kier alpha value is -0.450. The van der Waals surface area contributed by atoms with Gasteiger partial charge < -0.3 is 5.32 Å². The van der Waals surface area contributed by atoms with Crippen molar-refractivity contribution >= 4 is 11.3 Å². The molecule has 0 aliphatic heterocycles. The van der Waals surface area contributed by atoms with Gasteiger partial charge in [0.1, 0.15) is 0 Å². The Morgan fingerprint density at radius 3 is 2.88 bits per heavy atom. The van der Waals surface area contributed by atoms with Crippen molar-refractivity contribution in [3.05, 3.63) is 16.1 Å². The number of thiazole rings is 1. The molecular formula is C13H25N3S. The van der Waals surface area contributed by atoms with Crippen LogP contribution in [0.4, 0.5) is 0 Å². The number of hydrogen-bond donors (Lipinski definition) is 1. The first kappa shape index (κ1) is 14.6. The van der Waals surface area contributed by atoms with Crippen LogP contribution >= 0.6 is 11.3 Å². The molecular weight excluding hydrogens is 230 g/mol. The molecule has 0 aliphatic carbocycles. The normalized spacial score (nSPS) is 13.2. The van der Waals surface area contributed by atoms with Crippen LogP contribution in [-0.4, -0.2) is 36.1 Å².